The highest BCUT2D eigenvalue weighted by Gasteiger charge is 2.57. The lowest BCUT2D eigenvalue weighted by Crippen LogP contribution is -2.50. The van der Waals surface area contributed by atoms with E-state index in [-0.39, 0.29) is 5.60 Å². The summed E-state index contributed by atoms with van der Waals surface area (Å²) >= 11 is 0. The van der Waals surface area contributed by atoms with Crippen molar-refractivity contribution in [3.8, 4) is 0 Å². The quantitative estimate of drug-likeness (QED) is 0.632. The number of allylic oxidation sites excluding steroid dienone is 1. The summed E-state index contributed by atoms with van der Waals surface area (Å²) in [5, 5.41) is 11.0. The van der Waals surface area contributed by atoms with Crippen LogP contribution >= 0.6 is 0 Å². The SMILES string of the molecule is C=CC1CC[C@H]2[C@@H]3CC[C@@H]4C[C@@](O)(CCC)CC[C@@H]4[C@H]3CC[C@]12C. The van der Waals surface area contributed by atoms with Gasteiger partial charge in [-0.25, -0.2) is 0 Å². The van der Waals surface area contributed by atoms with Crippen LogP contribution in [0.2, 0.25) is 0 Å². The van der Waals surface area contributed by atoms with Crippen LogP contribution in [0.25, 0.3) is 0 Å². The highest BCUT2D eigenvalue weighted by atomic mass is 16.3. The van der Waals surface area contributed by atoms with Crippen molar-refractivity contribution in [3.05, 3.63) is 12.7 Å². The van der Waals surface area contributed by atoms with E-state index < -0.39 is 0 Å². The van der Waals surface area contributed by atoms with Gasteiger partial charge in [0.25, 0.3) is 0 Å². The van der Waals surface area contributed by atoms with E-state index in [0.717, 1.165) is 61.2 Å². The van der Waals surface area contributed by atoms with Crippen LogP contribution in [0.15, 0.2) is 12.7 Å². The van der Waals surface area contributed by atoms with Crippen molar-refractivity contribution in [3.63, 3.8) is 0 Å². The lowest BCUT2D eigenvalue weighted by Gasteiger charge is -2.57. The summed E-state index contributed by atoms with van der Waals surface area (Å²) < 4.78 is 0. The summed E-state index contributed by atoms with van der Waals surface area (Å²) in [7, 11) is 0. The molecule has 0 saturated heterocycles. The zero-order valence-electron chi connectivity index (χ0n) is 16.0. The molecule has 4 fully saturated rings. The maximum absolute atomic E-state index is 11.0. The Hall–Kier alpha value is -0.300. The van der Waals surface area contributed by atoms with E-state index in [1.165, 1.54) is 44.9 Å². The highest BCUT2D eigenvalue weighted by Crippen LogP contribution is 2.64. The molecule has 0 heterocycles. The van der Waals surface area contributed by atoms with E-state index in [0.29, 0.717) is 5.41 Å². The fraction of sp³-hybridized carbons (Fsp3) is 0.913. The Labute approximate surface area is 149 Å². The van der Waals surface area contributed by atoms with Crippen LogP contribution in [0.5, 0.6) is 0 Å². The Morgan fingerprint density at radius 3 is 2.54 bits per heavy atom. The highest BCUT2D eigenvalue weighted by molar-refractivity contribution is 5.09. The predicted molar refractivity (Wildman–Crippen MR) is 101 cm³/mol. The Morgan fingerprint density at radius 1 is 1.00 bits per heavy atom. The third-order valence-corrected chi connectivity index (χ3v) is 9.18. The number of hydrogen-bond donors (Lipinski definition) is 1. The standard InChI is InChI=1S/C23H38O/c1-4-12-23(24)14-11-18-16(15-23)6-8-20-19(18)10-13-22(3)17(5-2)7-9-21(20)22/h5,16-21,24H,2,4,6-15H2,1,3H3/t16-,17?,18+,19-,20-,21+,22-,23-/m1/s1. The second kappa shape index (κ2) is 6.15. The molecular formula is C23H38O. The Balaban J connectivity index is 1.51. The fourth-order valence-electron chi connectivity index (χ4n) is 8.08. The van der Waals surface area contributed by atoms with Gasteiger partial charge in [0.15, 0.2) is 0 Å². The zero-order chi connectivity index (χ0) is 16.9. The smallest absolute Gasteiger partial charge is 0.0650 e. The van der Waals surface area contributed by atoms with E-state index in [2.05, 4.69) is 26.5 Å². The van der Waals surface area contributed by atoms with Crippen LogP contribution in [0.3, 0.4) is 0 Å². The summed E-state index contributed by atoms with van der Waals surface area (Å²) in [5.74, 6) is 5.41. The largest absolute Gasteiger partial charge is 0.390 e. The van der Waals surface area contributed by atoms with E-state index >= 15 is 0 Å². The number of hydrogen-bond acceptors (Lipinski definition) is 1. The van der Waals surface area contributed by atoms with Gasteiger partial charge in [-0.1, -0.05) is 26.3 Å². The van der Waals surface area contributed by atoms with E-state index in [4.69, 9.17) is 0 Å². The Morgan fingerprint density at radius 2 is 1.79 bits per heavy atom. The monoisotopic (exact) mass is 330 g/mol. The summed E-state index contributed by atoms with van der Waals surface area (Å²) in [5.41, 5.74) is 0.223. The number of aliphatic hydroxyl groups is 1. The molecule has 24 heavy (non-hydrogen) atoms. The minimum absolute atomic E-state index is 0.326. The lowest BCUT2D eigenvalue weighted by atomic mass is 9.49. The maximum atomic E-state index is 11.0. The predicted octanol–water partition coefficient (Wildman–Crippen LogP) is 5.97. The first-order valence-electron chi connectivity index (χ1n) is 10.9. The molecule has 136 valence electrons. The molecule has 0 spiro atoms. The van der Waals surface area contributed by atoms with Crippen LogP contribution in [-0.2, 0) is 0 Å². The van der Waals surface area contributed by atoms with Gasteiger partial charge in [-0.15, -0.1) is 6.58 Å². The molecule has 4 aliphatic carbocycles. The third-order valence-electron chi connectivity index (χ3n) is 9.18. The minimum atomic E-state index is -0.326. The molecule has 4 rings (SSSR count). The molecule has 1 heteroatoms. The van der Waals surface area contributed by atoms with Gasteiger partial charge in [0.05, 0.1) is 5.60 Å². The molecule has 0 amide bonds. The van der Waals surface area contributed by atoms with Crippen LogP contribution in [0.4, 0.5) is 0 Å². The normalized spacial score (nSPS) is 53.8. The van der Waals surface area contributed by atoms with Gasteiger partial charge in [0.2, 0.25) is 0 Å². The van der Waals surface area contributed by atoms with Crippen molar-refractivity contribution in [2.45, 2.75) is 90.1 Å². The Kier molecular flexibility index (Phi) is 4.39. The molecule has 4 aliphatic rings. The molecule has 8 atom stereocenters. The summed E-state index contributed by atoms with van der Waals surface area (Å²) in [4.78, 5) is 0. The molecule has 1 nitrogen and oxygen atoms in total. The minimum Gasteiger partial charge on any atom is -0.390 e. The Bertz CT molecular complexity index is 484. The van der Waals surface area contributed by atoms with E-state index in [1.807, 2.05) is 0 Å². The average molecular weight is 331 g/mol. The lowest BCUT2D eigenvalue weighted by molar-refractivity contribution is -0.106. The summed E-state index contributed by atoms with van der Waals surface area (Å²) in [6, 6.07) is 0. The molecule has 0 aromatic rings. The first kappa shape index (κ1) is 17.1. The number of rotatable bonds is 3. The van der Waals surface area contributed by atoms with Gasteiger partial charge in [-0.2, -0.15) is 0 Å². The molecule has 0 aromatic carbocycles. The first-order valence-corrected chi connectivity index (χ1v) is 10.9. The van der Waals surface area contributed by atoms with Crippen LogP contribution in [0.1, 0.15) is 84.5 Å². The zero-order valence-corrected chi connectivity index (χ0v) is 16.0. The molecule has 0 radical (unpaired) electrons. The second-order valence-corrected chi connectivity index (χ2v) is 10.1. The van der Waals surface area contributed by atoms with Crippen LogP contribution in [-0.4, -0.2) is 10.7 Å². The molecule has 4 saturated carbocycles. The van der Waals surface area contributed by atoms with Crippen molar-refractivity contribution < 1.29 is 5.11 Å². The van der Waals surface area contributed by atoms with Gasteiger partial charge in [-0.05, 0) is 105 Å². The second-order valence-electron chi connectivity index (χ2n) is 10.1. The molecule has 1 N–H and O–H groups in total. The van der Waals surface area contributed by atoms with Gasteiger partial charge < -0.3 is 5.11 Å². The van der Waals surface area contributed by atoms with Gasteiger partial charge in [0, 0.05) is 0 Å². The van der Waals surface area contributed by atoms with Crippen molar-refractivity contribution in [1.82, 2.24) is 0 Å². The van der Waals surface area contributed by atoms with E-state index in [1.54, 1.807) is 0 Å². The van der Waals surface area contributed by atoms with Crippen molar-refractivity contribution in [1.29, 1.82) is 0 Å². The topological polar surface area (TPSA) is 20.2 Å². The molecule has 0 aromatic heterocycles. The van der Waals surface area contributed by atoms with Crippen LogP contribution in [0, 0.1) is 40.9 Å². The average Bonchev–Trinajstić information content (AvgIpc) is 2.90. The van der Waals surface area contributed by atoms with Crippen LogP contribution < -0.4 is 0 Å². The fourth-order valence-corrected chi connectivity index (χ4v) is 8.08. The number of fused-ring (bicyclic) bond motifs is 5. The molecule has 0 bridgehead atoms. The molecule has 0 aliphatic heterocycles. The summed E-state index contributed by atoms with van der Waals surface area (Å²) in [6.07, 6.45) is 16.5. The summed E-state index contributed by atoms with van der Waals surface area (Å²) in [6.45, 7) is 8.96. The molecule has 1 unspecified atom stereocenters. The van der Waals surface area contributed by atoms with Gasteiger partial charge >= 0.3 is 0 Å². The van der Waals surface area contributed by atoms with Gasteiger partial charge in [0.1, 0.15) is 0 Å². The van der Waals surface area contributed by atoms with Crippen molar-refractivity contribution >= 4 is 0 Å². The van der Waals surface area contributed by atoms with Gasteiger partial charge in [-0.3, -0.25) is 0 Å². The maximum Gasteiger partial charge on any atom is 0.0650 e. The van der Waals surface area contributed by atoms with Crippen molar-refractivity contribution in [2.24, 2.45) is 40.9 Å². The first-order chi connectivity index (χ1) is 11.5. The molecular weight excluding hydrogens is 292 g/mol. The van der Waals surface area contributed by atoms with Crippen molar-refractivity contribution in [2.75, 3.05) is 0 Å². The van der Waals surface area contributed by atoms with E-state index in [9.17, 15) is 5.11 Å². The third kappa shape index (κ3) is 2.52.